The van der Waals surface area contributed by atoms with E-state index < -0.39 is 0 Å². The van der Waals surface area contributed by atoms with Crippen molar-refractivity contribution in [2.45, 2.75) is 19.9 Å². The van der Waals surface area contributed by atoms with E-state index in [1.165, 1.54) is 6.92 Å². The molecule has 0 fully saturated rings. The number of fused-ring (bicyclic) bond motifs is 1. The predicted octanol–water partition coefficient (Wildman–Crippen LogP) is 2.86. The van der Waals surface area contributed by atoms with Crippen molar-refractivity contribution in [3.05, 3.63) is 48.5 Å². The second-order valence-electron chi connectivity index (χ2n) is 6.20. The summed E-state index contributed by atoms with van der Waals surface area (Å²) >= 11 is 0. The molecule has 0 spiro atoms. The van der Waals surface area contributed by atoms with Gasteiger partial charge in [-0.05, 0) is 43.3 Å². The number of carbonyl (C=O) groups excluding carboxylic acids is 2. The molecular weight excluding hydrogens is 332 g/mol. The minimum absolute atomic E-state index is 0.0356. The van der Waals surface area contributed by atoms with Crippen LogP contribution in [-0.2, 0) is 9.59 Å². The number of para-hydroxylation sites is 2. The normalized spacial score (nSPS) is 16.0. The molecule has 26 heavy (non-hydrogen) atoms. The van der Waals surface area contributed by atoms with E-state index in [-0.39, 0.29) is 24.5 Å². The molecule has 1 aliphatic heterocycles. The molecule has 0 radical (unpaired) electrons. The number of anilines is 2. The second kappa shape index (κ2) is 7.47. The lowest BCUT2D eigenvalue weighted by Crippen LogP contribution is -2.52. The van der Waals surface area contributed by atoms with Gasteiger partial charge in [0.15, 0.2) is 6.61 Å². The molecule has 1 heterocycles. The van der Waals surface area contributed by atoms with Crippen LogP contribution in [-0.4, -0.2) is 38.1 Å². The van der Waals surface area contributed by atoms with Crippen molar-refractivity contribution in [2.24, 2.45) is 0 Å². The highest BCUT2D eigenvalue weighted by molar-refractivity contribution is 6.04. The van der Waals surface area contributed by atoms with Crippen LogP contribution in [0.25, 0.3) is 0 Å². The van der Waals surface area contributed by atoms with Crippen LogP contribution in [0, 0.1) is 0 Å². The molecule has 0 saturated carbocycles. The Morgan fingerprint density at radius 2 is 1.65 bits per heavy atom. The number of nitrogens with zero attached hydrogens (tertiary/aromatic N) is 2. The third kappa shape index (κ3) is 3.49. The van der Waals surface area contributed by atoms with Gasteiger partial charge in [-0.2, -0.15) is 0 Å². The first-order chi connectivity index (χ1) is 12.5. The van der Waals surface area contributed by atoms with Gasteiger partial charge < -0.3 is 19.3 Å². The first-order valence-corrected chi connectivity index (χ1v) is 8.47. The minimum atomic E-state index is -0.150. The molecule has 2 amide bonds. The quantitative estimate of drug-likeness (QED) is 0.847. The molecule has 0 N–H and O–H groups in total. The maximum atomic E-state index is 12.8. The fourth-order valence-electron chi connectivity index (χ4n) is 3.19. The van der Waals surface area contributed by atoms with E-state index in [1.807, 2.05) is 31.2 Å². The number of carbonyl (C=O) groups is 2. The molecule has 0 aliphatic carbocycles. The molecule has 6 heteroatoms. The maximum absolute atomic E-state index is 12.8. The van der Waals surface area contributed by atoms with Gasteiger partial charge in [0.1, 0.15) is 11.5 Å². The van der Waals surface area contributed by atoms with Crippen molar-refractivity contribution in [1.29, 1.82) is 0 Å². The Kier molecular flexibility index (Phi) is 5.11. The molecule has 0 saturated heterocycles. The third-order valence-corrected chi connectivity index (χ3v) is 4.38. The predicted molar refractivity (Wildman–Crippen MR) is 99.9 cm³/mol. The van der Waals surface area contributed by atoms with Gasteiger partial charge in [-0.1, -0.05) is 12.1 Å². The number of hydrogen-bond donors (Lipinski definition) is 0. The van der Waals surface area contributed by atoms with Crippen molar-refractivity contribution in [2.75, 3.05) is 30.1 Å². The average molecular weight is 354 g/mol. The molecule has 2 aromatic rings. The van der Waals surface area contributed by atoms with Crippen molar-refractivity contribution in [1.82, 2.24) is 0 Å². The van der Waals surface area contributed by atoms with Crippen LogP contribution in [0.3, 0.4) is 0 Å². The topological polar surface area (TPSA) is 59.1 Å². The zero-order chi connectivity index (χ0) is 18.7. The summed E-state index contributed by atoms with van der Waals surface area (Å²) in [6.07, 6.45) is 0. The Bertz CT molecular complexity index is 804. The van der Waals surface area contributed by atoms with E-state index in [2.05, 4.69) is 0 Å². The number of methoxy groups -OCH3 is 1. The lowest BCUT2D eigenvalue weighted by atomic mass is 10.1. The first kappa shape index (κ1) is 17.8. The summed E-state index contributed by atoms with van der Waals surface area (Å²) in [6.45, 7) is 3.83. The summed E-state index contributed by atoms with van der Waals surface area (Å²) in [5, 5.41) is 0. The summed E-state index contributed by atoms with van der Waals surface area (Å²) in [5.74, 6) is 1.14. The Hall–Kier alpha value is -3.02. The van der Waals surface area contributed by atoms with E-state index in [1.54, 1.807) is 41.2 Å². The molecule has 0 bridgehead atoms. The Morgan fingerprint density at radius 3 is 2.27 bits per heavy atom. The average Bonchev–Trinajstić information content (AvgIpc) is 2.65. The molecule has 1 atom stereocenters. The number of ether oxygens (including phenoxy) is 2. The molecule has 1 aliphatic rings. The van der Waals surface area contributed by atoms with Gasteiger partial charge in [-0.15, -0.1) is 0 Å². The summed E-state index contributed by atoms with van der Waals surface area (Å²) in [5.41, 5.74) is 1.47. The van der Waals surface area contributed by atoms with E-state index in [4.69, 9.17) is 9.47 Å². The van der Waals surface area contributed by atoms with Crippen LogP contribution < -0.4 is 19.3 Å². The standard InChI is InChI=1S/C20H22N2O4/c1-14-12-21(18-6-4-5-7-19(18)22(14)15(2)23)20(24)13-26-17-10-8-16(25-3)9-11-17/h4-11,14H,12-13H2,1-3H3. The van der Waals surface area contributed by atoms with E-state index in [9.17, 15) is 9.59 Å². The third-order valence-electron chi connectivity index (χ3n) is 4.38. The Balaban J connectivity index is 1.76. The van der Waals surface area contributed by atoms with Crippen molar-refractivity contribution < 1.29 is 19.1 Å². The minimum Gasteiger partial charge on any atom is -0.497 e. The molecule has 6 nitrogen and oxygen atoms in total. The fraction of sp³-hybridized carbons (Fsp3) is 0.300. The first-order valence-electron chi connectivity index (χ1n) is 8.47. The fourth-order valence-corrected chi connectivity index (χ4v) is 3.19. The lowest BCUT2D eigenvalue weighted by Gasteiger charge is -2.40. The molecule has 2 aromatic carbocycles. The van der Waals surface area contributed by atoms with Gasteiger partial charge in [0.05, 0.1) is 24.5 Å². The highest BCUT2D eigenvalue weighted by atomic mass is 16.5. The molecule has 136 valence electrons. The zero-order valence-electron chi connectivity index (χ0n) is 15.1. The largest absolute Gasteiger partial charge is 0.497 e. The van der Waals surface area contributed by atoms with E-state index >= 15 is 0 Å². The monoisotopic (exact) mass is 354 g/mol. The van der Waals surface area contributed by atoms with Crippen LogP contribution in [0.5, 0.6) is 11.5 Å². The number of benzene rings is 2. The van der Waals surface area contributed by atoms with Crippen molar-refractivity contribution >= 4 is 23.2 Å². The van der Waals surface area contributed by atoms with Crippen LogP contribution >= 0.6 is 0 Å². The summed E-state index contributed by atoms with van der Waals surface area (Å²) in [7, 11) is 1.60. The SMILES string of the molecule is COc1ccc(OCC(=O)N2CC(C)N(C(C)=O)c3ccccc32)cc1. The lowest BCUT2D eigenvalue weighted by molar-refractivity contribution is -0.121. The van der Waals surface area contributed by atoms with E-state index in [0.717, 1.165) is 17.1 Å². The summed E-state index contributed by atoms with van der Waals surface area (Å²) in [4.78, 5) is 28.2. The zero-order valence-corrected chi connectivity index (χ0v) is 15.1. The highest BCUT2D eigenvalue weighted by Gasteiger charge is 2.33. The number of rotatable bonds is 4. The summed E-state index contributed by atoms with van der Waals surface area (Å²) in [6, 6.07) is 14.4. The highest BCUT2D eigenvalue weighted by Crippen LogP contribution is 2.35. The van der Waals surface area contributed by atoms with Gasteiger partial charge in [0.2, 0.25) is 5.91 Å². The van der Waals surface area contributed by atoms with Gasteiger partial charge in [0, 0.05) is 13.5 Å². The van der Waals surface area contributed by atoms with E-state index in [0.29, 0.717) is 12.3 Å². The Labute approximate surface area is 152 Å². The van der Waals surface area contributed by atoms with Crippen LogP contribution in [0.4, 0.5) is 11.4 Å². The smallest absolute Gasteiger partial charge is 0.265 e. The van der Waals surface area contributed by atoms with Crippen LogP contribution in [0.2, 0.25) is 0 Å². The molecule has 3 rings (SSSR count). The van der Waals surface area contributed by atoms with Gasteiger partial charge in [-0.25, -0.2) is 0 Å². The maximum Gasteiger partial charge on any atom is 0.265 e. The number of amides is 2. The van der Waals surface area contributed by atoms with Crippen LogP contribution in [0.1, 0.15) is 13.8 Å². The molecule has 1 unspecified atom stereocenters. The second-order valence-corrected chi connectivity index (χ2v) is 6.20. The van der Waals surface area contributed by atoms with Crippen molar-refractivity contribution in [3.8, 4) is 11.5 Å². The molecular formula is C20H22N2O4. The summed E-state index contributed by atoms with van der Waals surface area (Å²) < 4.78 is 10.7. The van der Waals surface area contributed by atoms with Gasteiger partial charge in [-0.3, -0.25) is 9.59 Å². The van der Waals surface area contributed by atoms with Crippen molar-refractivity contribution in [3.63, 3.8) is 0 Å². The Morgan fingerprint density at radius 1 is 1.04 bits per heavy atom. The van der Waals surface area contributed by atoms with Gasteiger partial charge >= 0.3 is 0 Å². The van der Waals surface area contributed by atoms with Crippen LogP contribution in [0.15, 0.2) is 48.5 Å². The number of hydrogen-bond acceptors (Lipinski definition) is 4. The van der Waals surface area contributed by atoms with Gasteiger partial charge in [0.25, 0.3) is 5.91 Å². The molecule has 0 aromatic heterocycles.